The zero-order chi connectivity index (χ0) is 13.2. The average molecular weight is 300 g/mol. The summed E-state index contributed by atoms with van der Waals surface area (Å²) in [7, 11) is -10.9. The van der Waals surface area contributed by atoms with Crippen LogP contribution in [0.4, 0.5) is 0 Å². The van der Waals surface area contributed by atoms with Crippen LogP contribution in [0.25, 0.3) is 0 Å². The van der Waals surface area contributed by atoms with E-state index in [-0.39, 0.29) is 29.6 Å². The van der Waals surface area contributed by atoms with Crippen molar-refractivity contribution in [1.29, 1.82) is 0 Å². The van der Waals surface area contributed by atoms with Crippen molar-refractivity contribution in [2.24, 2.45) is 16.5 Å². The second kappa shape index (κ2) is 6.63. The molecule has 0 saturated carbocycles. The van der Waals surface area contributed by atoms with E-state index >= 15 is 0 Å². The van der Waals surface area contributed by atoms with E-state index in [1.807, 2.05) is 0 Å². The van der Waals surface area contributed by atoms with Crippen LogP contribution < -0.4 is 11.5 Å². The largest absolute Gasteiger partial charge is 0.370 e. The minimum Gasteiger partial charge on any atom is -0.370 e. The standard InChI is InChI=1S/C4H13N3O7P2.Na/c5-3(6)7-2-1-4(8,15(9,10)11)16(12,13)14;/h8H,1-2H2,(H4,5,6,7)(H2,9,10,11)(H2,12,13,14);. The van der Waals surface area contributed by atoms with E-state index in [0.29, 0.717) is 0 Å². The molecule has 13 heteroatoms. The van der Waals surface area contributed by atoms with Crippen LogP contribution in [0.15, 0.2) is 4.99 Å². The maximum atomic E-state index is 10.8. The molecule has 0 rings (SSSR count). The van der Waals surface area contributed by atoms with Gasteiger partial charge >= 0.3 is 15.2 Å². The van der Waals surface area contributed by atoms with Gasteiger partial charge in [-0.15, -0.1) is 0 Å². The molecule has 97 valence electrons. The van der Waals surface area contributed by atoms with Gasteiger partial charge in [0.15, 0.2) is 5.96 Å². The molecule has 0 spiro atoms. The quantitative estimate of drug-likeness (QED) is 0.122. The maximum absolute atomic E-state index is 10.8. The van der Waals surface area contributed by atoms with Crippen LogP contribution in [0, 0.1) is 0 Å². The Bertz CT molecular complexity index is 349. The van der Waals surface area contributed by atoms with Crippen molar-refractivity contribution in [3.8, 4) is 0 Å². The molecule has 0 aromatic rings. The normalized spacial score (nSPS) is 12.8. The summed E-state index contributed by atoms with van der Waals surface area (Å²) >= 11 is 0. The topological polar surface area (TPSA) is 200 Å². The molecule has 0 aliphatic heterocycles. The summed E-state index contributed by atoms with van der Waals surface area (Å²) in [4.78, 5) is 38.0. The third-order valence-corrected chi connectivity index (χ3v) is 5.55. The Morgan fingerprint density at radius 1 is 1.12 bits per heavy atom. The van der Waals surface area contributed by atoms with Crippen molar-refractivity contribution in [2.75, 3.05) is 6.54 Å². The third-order valence-electron chi connectivity index (χ3n) is 1.67. The molecule has 0 atom stereocenters. The van der Waals surface area contributed by atoms with E-state index < -0.39 is 39.2 Å². The molecule has 0 fully saturated rings. The minimum atomic E-state index is -5.43. The van der Waals surface area contributed by atoms with Crippen LogP contribution in [0.1, 0.15) is 6.42 Å². The van der Waals surface area contributed by atoms with E-state index in [2.05, 4.69) is 4.99 Å². The van der Waals surface area contributed by atoms with Crippen LogP contribution >= 0.6 is 15.2 Å². The molecule has 0 unspecified atom stereocenters. The summed E-state index contributed by atoms with van der Waals surface area (Å²) < 4.78 is 21.6. The van der Waals surface area contributed by atoms with Crippen LogP contribution in [-0.2, 0) is 9.13 Å². The van der Waals surface area contributed by atoms with E-state index in [0.717, 1.165) is 0 Å². The Kier molecular flexibility index (Phi) is 7.74. The van der Waals surface area contributed by atoms with Crippen molar-refractivity contribution in [3.63, 3.8) is 0 Å². The predicted molar refractivity (Wildman–Crippen MR) is 60.1 cm³/mol. The van der Waals surface area contributed by atoms with E-state index in [9.17, 15) is 14.2 Å². The SMILES string of the molecule is NC(N)=NCCC(O)(P(=O)(O)O)P(=O)(O)O.[Na]. The summed E-state index contributed by atoms with van der Waals surface area (Å²) in [5.74, 6) is -0.432. The third kappa shape index (κ3) is 5.35. The smallest absolute Gasteiger partial charge is 0.369 e. The first kappa shape index (κ1) is 19.9. The van der Waals surface area contributed by atoms with Gasteiger partial charge in [0.2, 0.25) is 0 Å². The van der Waals surface area contributed by atoms with Crippen LogP contribution in [0.2, 0.25) is 0 Å². The number of aliphatic imine (C=N–C) groups is 1. The number of hydrogen-bond donors (Lipinski definition) is 7. The molecular formula is C4H13N3NaO7P2. The first-order valence-corrected chi connectivity index (χ1v) is 7.03. The number of guanidine groups is 1. The van der Waals surface area contributed by atoms with Gasteiger partial charge in [0.25, 0.3) is 5.08 Å². The first-order chi connectivity index (χ1) is 6.92. The Morgan fingerprint density at radius 3 is 1.71 bits per heavy atom. The molecule has 10 nitrogen and oxygen atoms in total. The number of nitrogens with zero attached hydrogens (tertiary/aromatic N) is 1. The molecule has 0 aromatic carbocycles. The van der Waals surface area contributed by atoms with E-state index in [4.69, 9.17) is 31.0 Å². The second-order valence-electron chi connectivity index (χ2n) is 2.92. The minimum absolute atomic E-state index is 0. The summed E-state index contributed by atoms with van der Waals surface area (Å²) in [5, 5.41) is 5.85. The van der Waals surface area contributed by atoms with Crippen LogP contribution in [-0.4, -0.2) is 71.8 Å². The van der Waals surface area contributed by atoms with E-state index in [1.54, 1.807) is 0 Å². The zero-order valence-electron chi connectivity index (χ0n) is 8.96. The van der Waals surface area contributed by atoms with Crippen LogP contribution in [0.3, 0.4) is 0 Å². The average Bonchev–Trinajstić information content (AvgIpc) is 1.98. The molecular weight excluding hydrogens is 287 g/mol. The zero-order valence-corrected chi connectivity index (χ0v) is 12.8. The molecule has 1 radical (unpaired) electrons. The van der Waals surface area contributed by atoms with E-state index in [1.165, 1.54) is 0 Å². The Balaban J connectivity index is 0. The Hall–Kier alpha value is 0.530. The fraction of sp³-hybridized carbons (Fsp3) is 0.750. The molecule has 0 aliphatic carbocycles. The predicted octanol–water partition coefficient (Wildman–Crippen LogP) is -2.73. The fourth-order valence-corrected chi connectivity index (χ4v) is 2.94. The van der Waals surface area contributed by atoms with Crippen molar-refractivity contribution in [2.45, 2.75) is 11.5 Å². The van der Waals surface area contributed by atoms with Crippen molar-refractivity contribution in [3.05, 3.63) is 0 Å². The van der Waals surface area contributed by atoms with Gasteiger partial charge < -0.3 is 36.1 Å². The second-order valence-corrected chi connectivity index (χ2v) is 6.93. The van der Waals surface area contributed by atoms with Crippen molar-refractivity contribution in [1.82, 2.24) is 0 Å². The first-order valence-electron chi connectivity index (χ1n) is 3.81. The molecule has 0 saturated heterocycles. The molecule has 0 amide bonds. The van der Waals surface area contributed by atoms with Gasteiger partial charge in [0.1, 0.15) is 0 Å². The monoisotopic (exact) mass is 300 g/mol. The molecule has 0 heterocycles. The summed E-state index contributed by atoms with van der Waals surface area (Å²) in [6.07, 6.45) is -0.973. The number of nitrogens with two attached hydrogens (primary N) is 2. The van der Waals surface area contributed by atoms with Gasteiger partial charge in [0.05, 0.1) is 0 Å². The van der Waals surface area contributed by atoms with Crippen molar-refractivity contribution < 1.29 is 33.8 Å². The number of hydrogen-bond acceptors (Lipinski definition) is 4. The molecule has 0 aromatic heterocycles. The van der Waals surface area contributed by atoms with Gasteiger partial charge in [-0.05, 0) is 0 Å². The van der Waals surface area contributed by atoms with Gasteiger partial charge in [-0.1, -0.05) is 0 Å². The van der Waals surface area contributed by atoms with Gasteiger partial charge in [0, 0.05) is 42.5 Å². The van der Waals surface area contributed by atoms with Gasteiger partial charge in [-0.2, -0.15) is 0 Å². The van der Waals surface area contributed by atoms with Gasteiger partial charge in [-0.3, -0.25) is 14.1 Å². The van der Waals surface area contributed by atoms with Crippen LogP contribution in [0.5, 0.6) is 0 Å². The summed E-state index contributed by atoms with van der Waals surface area (Å²) in [6, 6.07) is 0. The Morgan fingerprint density at radius 2 is 1.47 bits per heavy atom. The number of rotatable bonds is 5. The molecule has 0 bridgehead atoms. The molecule has 0 aliphatic rings. The molecule has 9 N–H and O–H groups in total. The number of aliphatic hydroxyl groups is 1. The summed E-state index contributed by atoms with van der Waals surface area (Å²) in [5.41, 5.74) is 9.80. The maximum Gasteiger partial charge on any atom is 0.369 e. The fourth-order valence-electron chi connectivity index (χ4n) is 0.796. The Labute approximate surface area is 119 Å². The van der Waals surface area contributed by atoms with Gasteiger partial charge in [-0.25, -0.2) is 0 Å². The molecule has 17 heavy (non-hydrogen) atoms. The summed E-state index contributed by atoms with van der Waals surface area (Å²) in [6.45, 7) is -0.533. The van der Waals surface area contributed by atoms with Crippen molar-refractivity contribution >= 4 is 50.7 Å².